The van der Waals surface area contributed by atoms with Gasteiger partial charge in [-0.05, 0) is 24.9 Å². The minimum Gasteiger partial charge on any atom is -0.375 e. The molecular weight excluding hydrogens is 226 g/mol. The number of ether oxygens (including phenoxy) is 1. The normalized spacial score (nSPS) is 10.4. The molecule has 0 spiro atoms. The Morgan fingerprint density at radius 2 is 1.89 bits per heavy atom. The molecule has 0 aliphatic heterocycles. The molecule has 0 saturated carbocycles. The lowest BCUT2D eigenvalue weighted by atomic mass is 10.2. The van der Waals surface area contributed by atoms with E-state index in [9.17, 15) is 4.79 Å². The van der Waals surface area contributed by atoms with Gasteiger partial charge in [-0.3, -0.25) is 0 Å². The van der Waals surface area contributed by atoms with Gasteiger partial charge < -0.3 is 14.8 Å². The van der Waals surface area contributed by atoms with Crippen LogP contribution in [0.15, 0.2) is 30.3 Å². The molecule has 0 aliphatic carbocycles. The molecule has 0 heterocycles. The highest BCUT2D eigenvalue weighted by atomic mass is 16.5. The molecule has 3 nitrogen and oxygen atoms in total. The zero-order valence-corrected chi connectivity index (χ0v) is 10.9. The molecule has 0 unspecified atom stereocenters. The average Bonchev–Trinajstić information content (AvgIpc) is 2.42. The number of carbonyl (C=O) groups excluding carboxylic acids is 1. The first-order valence-electron chi connectivity index (χ1n) is 6.69. The van der Waals surface area contributed by atoms with E-state index in [4.69, 9.17) is 4.74 Å². The molecule has 1 N–H and O–H groups in total. The van der Waals surface area contributed by atoms with Crippen LogP contribution >= 0.6 is 0 Å². The number of unbranched alkanes of at least 4 members (excludes halogenated alkanes) is 3. The van der Waals surface area contributed by atoms with Gasteiger partial charge in [-0.1, -0.05) is 36.8 Å². The Morgan fingerprint density at radius 1 is 1.06 bits per heavy atom. The predicted octanol–water partition coefficient (Wildman–Crippen LogP) is 2.55. The number of benzene rings is 1. The average molecular weight is 249 g/mol. The number of hydrogen-bond acceptors (Lipinski definition) is 3. The molecule has 0 atom stereocenters. The van der Waals surface area contributed by atoms with Crippen LogP contribution in [-0.2, 0) is 16.1 Å². The first kappa shape index (κ1) is 14.9. The van der Waals surface area contributed by atoms with E-state index in [1.165, 1.54) is 5.56 Å². The van der Waals surface area contributed by atoms with Gasteiger partial charge >= 0.3 is 0 Å². The number of carbonyl (C=O) groups is 1. The summed E-state index contributed by atoms with van der Waals surface area (Å²) >= 11 is 0. The van der Waals surface area contributed by atoms with Gasteiger partial charge in [0.15, 0.2) is 0 Å². The number of rotatable bonds is 11. The van der Waals surface area contributed by atoms with Crippen molar-refractivity contribution in [1.29, 1.82) is 0 Å². The minimum atomic E-state index is 0.682. The molecule has 1 aromatic rings. The standard InChI is InChI=1S/C15H23NO2/c17-12-7-2-1-6-10-16-11-13-18-14-15-8-4-3-5-9-15/h3-5,8-9,12,16H,1-2,6-7,10-11,13-14H2. The summed E-state index contributed by atoms with van der Waals surface area (Å²) in [6.07, 6.45) is 4.95. The van der Waals surface area contributed by atoms with Crippen LogP contribution < -0.4 is 5.32 Å². The predicted molar refractivity (Wildman–Crippen MR) is 73.5 cm³/mol. The van der Waals surface area contributed by atoms with Crippen molar-refractivity contribution in [2.45, 2.75) is 32.3 Å². The topological polar surface area (TPSA) is 38.3 Å². The van der Waals surface area contributed by atoms with Crippen LogP contribution in [0, 0.1) is 0 Å². The fraction of sp³-hybridized carbons (Fsp3) is 0.533. The smallest absolute Gasteiger partial charge is 0.119 e. The van der Waals surface area contributed by atoms with Gasteiger partial charge in [0.2, 0.25) is 0 Å². The van der Waals surface area contributed by atoms with Crippen LogP contribution in [0.3, 0.4) is 0 Å². The lowest BCUT2D eigenvalue weighted by Crippen LogP contribution is -2.20. The monoisotopic (exact) mass is 249 g/mol. The molecule has 0 bridgehead atoms. The number of nitrogens with one attached hydrogen (secondary N) is 1. The molecule has 100 valence electrons. The Bertz CT molecular complexity index is 301. The van der Waals surface area contributed by atoms with E-state index in [2.05, 4.69) is 17.4 Å². The van der Waals surface area contributed by atoms with Gasteiger partial charge in [0.05, 0.1) is 13.2 Å². The fourth-order valence-corrected chi connectivity index (χ4v) is 1.69. The highest BCUT2D eigenvalue weighted by molar-refractivity contribution is 5.48. The summed E-state index contributed by atoms with van der Waals surface area (Å²) in [5, 5.41) is 3.34. The molecule has 3 heteroatoms. The van der Waals surface area contributed by atoms with E-state index in [0.29, 0.717) is 13.0 Å². The Morgan fingerprint density at radius 3 is 2.67 bits per heavy atom. The van der Waals surface area contributed by atoms with Crippen molar-refractivity contribution in [3.63, 3.8) is 0 Å². The van der Waals surface area contributed by atoms with Gasteiger partial charge in [0.25, 0.3) is 0 Å². The van der Waals surface area contributed by atoms with Crippen LogP contribution in [-0.4, -0.2) is 26.0 Å². The van der Waals surface area contributed by atoms with Crippen molar-refractivity contribution in [3.8, 4) is 0 Å². The Kier molecular flexibility index (Phi) is 9.03. The van der Waals surface area contributed by atoms with E-state index in [1.54, 1.807) is 0 Å². The molecule has 18 heavy (non-hydrogen) atoms. The highest BCUT2D eigenvalue weighted by Crippen LogP contribution is 1.99. The van der Waals surface area contributed by atoms with E-state index >= 15 is 0 Å². The van der Waals surface area contributed by atoms with Gasteiger partial charge in [0.1, 0.15) is 6.29 Å². The van der Waals surface area contributed by atoms with Crippen LogP contribution in [0.25, 0.3) is 0 Å². The summed E-state index contributed by atoms with van der Waals surface area (Å²) in [5.74, 6) is 0. The molecule has 0 fully saturated rings. The van der Waals surface area contributed by atoms with E-state index in [1.807, 2.05) is 18.2 Å². The third-order valence-corrected chi connectivity index (χ3v) is 2.71. The summed E-state index contributed by atoms with van der Waals surface area (Å²) in [4.78, 5) is 10.1. The number of hydrogen-bond donors (Lipinski definition) is 1. The molecule has 0 aromatic heterocycles. The second-order valence-corrected chi connectivity index (χ2v) is 4.30. The lowest BCUT2D eigenvalue weighted by molar-refractivity contribution is -0.107. The van der Waals surface area contributed by atoms with Crippen molar-refractivity contribution < 1.29 is 9.53 Å². The first-order chi connectivity index (χ1) is 8.93. The zero-order valence-electron chi connectivity index (χ0n) is 10.9. The Labute approximate surface area is 110 Å². The summed E-state index contributed by atoms with van der Waals surface area (Å²) in [6, 6.07) is 10.2. The van der Waals surface area contributed by atoms with Crippen molar-refractivity contribution in [1.82, 2.24) is 5.32 Å². The van der Waals surface area contributed by atoms with Gasteiger partial charge in [-0.2, -0.15) is 0 Å². The van der Waals surface area contributed by atoms with Gasteiger partial charge in [0, 0.05) is 13.0 Å². The first-order valence-corrected chi connectivity index (χ1v) is 6.69. The summed E-state index contributed by atoms with van der Waals surface area (Å²) in [7, 11) is 0. The lowest BCUT2D eigenvalue weighted by Gasteiger charge is -2.06. The van der Waals surface area contributed by atoms with Crippen LogP contribution in [0.5, 0.6) is 0 Å². The van der Waals surface area contributed by atoms with Crippen LogP contribution in [0.4, 0.5) is 0 Å². The maximum Gasteiger partial charge on any atom is 0.119 e. The summed E-state index contributed by atoms with van der Waals surface area (Å²) < 4.78 is 5.56. The Balaban J connectivity index is 1.83. The second-order valence-electron chi connectivity index (χ2n) is 4.30. The van der Waals surface area contributed by atoms with Crippen molar-refractivity contribution in [2.24, 2.45) is 0 Å². The second kappa shape index (κ2) is 10.9. The summed E-state index contributed by atoms with van der Waals surface area (Å²) in [5.41, 5.74) is 1.21. The van der Waals surface area contributed by atoms with Crippen LogP contribution in [0.2, 0.25) is 0 Å². The van der Waals surface area contributed by atoms with E-state index in [0.717, 1.165) is 45.2 Å². The maximum absolute atomic E-state index is 10.1. The third-order valence-electron chi connectivity index (χ3n) is 2.71. The molecule has 0 saturated heterocycles. The van der Waals surface area contributed by atoms with E-state index < -0.39 is 0 Å². The fourth-order valence-electron chi connectivity index (χ4n) is 1.69. The SMILES string of the molecule is O=CCCCCCNCCOCc1ccccc1. The van der Waals surface area contributed by atoms with Crippen molar-refractivity contribution >= 4 is 6.29 Å². The molecule has 0 aliphatic rings. The van der Waals surface area contributed by atoms with E-state index in [-0.39, 0.29) is 0 Å². The van der Waals surface area contributed by atoms with Gasteiger partial charge in [-0.15, -0.1) is 0 Å². The maximum atomic E-state index is 10.1. The molecular formula is C15H23NO2. The molecule has 1 rings (SSSR count). The van der Waals surface area contributed by atoms with Crippen molar-refractivity contribution in [2.75, 3.05) is 19.7 Å². The molecule has 1 aromatic carbocycles. The molecule has 0 amide bonds. The highest BCUT2D eigenvalue weighted by Gasteiger charge is 1.92. The Hall–Kier alpha value is -1.19. The van der Waals surface area contributed by atoms with Gasteiger partial charge in [-0.25, -0.2) is 0 Å². The molecule has 0 radical (unpaired) electrons. The van der Waals surface area contributed by atoms with Crippen LogP contribution in [0.1, 0.15) is 31.2 Å². The zero-order chi connectivity index (χ0) is 12.9. The summed E-state index contributed by atoms with van der Waals surface area (Å²) in [6.45, 7) is 3.32. The quantitative estimate of drug-likeness (QED) is 0.484. The third kappa shape index (κ3) is 7.98. The largest absolute Gasteiger partial charge is 0.375 e. The minimum absolute atomic E-state index is 0.682. The van der Waals surface area contributed by atoms with Crippen molar-refractivity contribution in [3.05, 3.63) is 35.9 Å². The number of aldehydes is 1.